The van der Waals surface area contributed by atoms with Gasteiger partial charge < -0.3 is 9.67 Å². The van der Waals surface area contributed by atoms with E-state index < -0.39 is 5.97 Å². The Hall–Kier alpha value is -2.62. The molecule has 25 heavy (non-hydrogen) atoms. The number of rotatable bonds is 4. The van der Waals surface area contributed by atoms with Crippen molar-refractivity contribution in [3.05, 3.63) is 64.1 Å². The third-order valence-corrected chi connectivity index (χ3v) is 4.48. The van der Waals surface area contributed by atoms with Crippen LogP contribution in [0.5, 0.6) is 0 Å². The van der Waals surface area contributed by atoms with E-state index in [0.717, 1.165) is 33.4 Å². The van der Waals surface area contributed by atoms with Gasteiger partial charge in [-0.25, -0.2) is 4.79 Å². The van der Waals surface area contributed by atoms with E-state index in [-0.39, 0.29) is 0 Å². The van der Waals surface area contributed by atoms with Gasteiger partial charge in [0.15, 0.2) is 0 Å². The fourth-order valence-corrected chi connectivity index (χ4v) is 3.55. The van der Waals surface area contributed by atoms with Crippen molar-refractivity contribution in [2.24, 2.45) is 0 Å². The van der Waals surface area contributed by atoms with Crippen LogP contribution < -0.4 is 0 Å². The summed E-state index contributed by atoms with van der Waals surface area (Å²) >= 11 is 0. The summed E-state index contributed by atoms with van der Waals surface area (Å²) in [6.07, 6.45) is 0. The summed E-state index contributed by atoms with van der Waals surface area (Å²) < 4.78 is 1.90. The predicted molar refractivity (Wildman–Crippen MR) is 101 cm³/mol. The predicted octanol–water partition coefficient (Wildman–Crippen LogP) is 4.83. The van der Waals surface area contributed by atoms with Crippen LogP contribution in [-0.2, 0) is 6.54 Å². The van der Waals surface area contributed by atoms with Crippen molar-refractivity contribution < 1.29 is 9.90 Å². The molecule has 0 bridgehead atoms. The van der Waals surface area contributed by atoms with E-state index in [9.17, 15) is 9.90 Å². The number of aromatic carboxylic acids is 1. The third kappa shape index (κ3) is 3.29. The lowest BCUT2D eigenvalue weighted by Gasteiger charge is -2.15. The summed E-state index contributed by atoms with van der Waals surface area (Å²) in [4.78, 5) is 16.4. The number of carboxylic acid groups (broad SMARTS) is 1. The van der Waals surface area contributed by atoms with Gasteiger partial charge in [0.2, 0.25) is 0 Å². The zero-order chi connectivity index (χ0) is 18.3. The molecule has 3 aromatic rings. The molecule has 1 aromatic carbocycles. The topological polar surface area (TPSA) is 55.1 Å². The lowest BCUT2D eigenvalue weighted by Crippen LogP contribution is -2.12. The third-order valence-electron chi connectivity index (χ3n) is 4.48. The molecular weight excluding hydrogens is 312 g/mol. The number of fused-ring (bicyclic) bond motifs is 1. The quantitative estimate of drug-likeness (QED) is 0.742. The number of hydrogen-bond acceptors (Lipinski definition) is 2. The number of aryl methyl sites for hydroxylation is 3. The second kappa shape index (κ2) is 6.36. The minimum absolute atomic E-state index is 0.309. The Morgan fingerprint density at radius 1 is 1.08 bits per heavy atom. The van der Waals surface area contributed by atoms with Gasteiger partial charge in [0.05, 0.1) is 17.8 Å². The molecule has 0 aliphatic heterocycles. The van der Waals surface area contributed by atoms with Crippen LogP contribution >= 0.6 is 0 Å². The molecule has 0 radical (unpaired) electrons. The molecule has 0 spiro atoms. The molecule has 0 atom stereocenters. The van der Waals surface area contributed by atoms with Gasteiger partial charge in [-0.2, -0.15) is 0 Å². The molecule has 1 N–H and O–H groups in total. The van der Waals surface area contributed by atoms with Gasteiger partial charge in [0.1, 0.15) is 5.69 Å². The largest absolute Gasteiger partial charge is 0.477 e. The molecule has 0 saturated heterocycles. The second-order valence-electron chi connectivity index (χ2n) is 7.14. The van der Waals surface area contributed by atoms with E-state index in [1.807, 2.05) is 30.5 Å². The SMILES string of the molecule is Cc1cc(C)nc(Cn2c(C(=O)O)cc3cc(C)cc(C(C)C)c32)c1. The van der Waals surface area contributed by atoms with E-state index in [1.165, 1.54) is 5.56 Å². The van der Waals surface area contributed by atoms with Crippen molar-refractivity contribution in [3.8, 4) is 0 Å². The fourth-order valence-electron chi connectivity index (χ4n) is 3.55. The van der Waals surface area contributed by atoms with Crippen LogP contribution in [0.1, 0.15) is 58.3 Å². The first-order valence-electron chi connectivity index (χ1n) is 8.57. The van der Waals surface area contributed by atoms with Crippen molar-refractivity contribution >= 4 is 16.9 Å². The van der Waals surface area contributed by atoms with E-state index in [0.29, 0.717) is 18.2 Å². The molecule has 0 aliphatic rings. The molecule has 0 saturated carbocycles. The van der Waals surface area contributed by atoms with Crippen LogP contribution in [0.15, 0.2) is 30.3 Å². The minimum atomic E-state index is -0.909. The van der Waals surface area contributed by atoms with Gasteiger partial charge in [0.25, 0.3) is 0 Å². The van der Waals surface area contributed by atoms with Crippen LogP contribution in [0, 0.1) is 20.8 Å². The highest BCUT2D eigenvalue weighted by molar-refractivity contribution is 5.96. The van der Waals surface area contributed by atoms with Crippen LogP contribution in [-0.4, -0.2) is 20.6 Å². The maximum Gasteiger partial charge on any atom is 0.352 e. The summed E-state index contributed by atoms with van der Waals surface area (Å²) in [6.45, 7) is 10.8. The van der Waals surface area contributed by atoms with Gasteiger partial charge in [-0.15, -0.1) is 0 Å². The van der Waals surface area contributed by atoms with Crippen molar-refractivity contribution in [1.82, 2.24) is 9.55 Å². The average Bonchev–Trinajstić information content (AvgIpc) is 2.83. The Morgan fingerprint density at radius 3 is 2.36 bits per heavy atom. The zero-order valence-electron chi connectivity index (χ0n) is 15.4. The normalized spacial score (nSPS) is 11.4. The molecule has 0 amide bonds. The Kier molecular flexibility index (Phi) is 4.38. The molecule has 0 aliphatic carbocycles. The number of carboxylic acids is 1. The lowest BCUT2D eigenvalue weighted by atomic mass is 9.98. The smallest absolute Gasteiger partial charge is 0.352 e. The summed E-state index contributed by atoms with van der Waals surface area (Å²) in [5, 5.41) is 10.7. The molecule has 2 heterocycles. The highest BCUT2D eigenvalue weighted by Crippen LogP contribution is 2.31. The Labute approximate surface area is 148 Å². The molecule has 0 unspecified atom stereocenters. The molecule has 3 rings (SSSR count). The summed E-state index contributed by atoms with van der Waals surface area (Å²) in [7, 11) is 0. The first-order chi connectivity index (χ1) is 11.8. The van der Waals surface area contributed by atoms with Gasteiger partial charge in [0, 0.05) is 11.1 Å². The Bertz CT molecular complexity index is 947. The highest BCUT2D eigenvalue weighted by atomic mass is 16.4. The average molecular weight is 336 g/mol. The van der Waals surface area contributed by atoms with Crippen molar-refractivity contribution in [1.29, 1.82) is 0 Å². The summed E-state index contributed by atoms with van der Waals surface area (Å²) in [5.41, 5.74) is 6.59. The van der Waals surface area contributed by atoms with E-state index in [2.05, 4.69) is 37.9 Å². The van der Waals surface area contributed by atoms with Crippen LogP contribution in [0.4, 0.5) is 0 Å². The van der Waals surface area contributed by atoms with Crippen molar-refractivity contribution in [2.75, 3.05) is 0 Å². The van der Waals surface area contributed by atoms with Crippen LogP contribution in [0.3, 0.4) is 0 Å². The monoisotopic (exact) mass is 336 g/mol. The van der Waals surface area contributed by atoms with Crippen molar-refractivity contribution in [2.45, 2.75) is 47.1 Å². The number of benzene rings is 1. The molecule has 4 nitrogen and oxygen atoms in total. The molecule has 4 heteroatoms. The van der Waals surface area contributed by atoms with Gasteiger partial charge >= 0.3 is 5.97 Å². The van der Waals surface area contributed by atoms with Gasteiger partial charge in [-0.1, -0.05) is 25.5 Å². The first kappa shape index (κ1) is 17.2. The highest BCUT2D eigenvalue weighted by Gasteiger charge is 2.19. The fraction of sp³-hybridized carbons (Fsp3) is 0.333. The maximum absolute atomic E-state index is 11.8. The number of aromatic nitrogens is 2. The Morgan fingerprint density at radius 2 is 1.76 bits per heavy atom. The lowest BCUT2D eigenvalue weighted by molar-refractivity contribution is 0.0686. The standard InChI is InChI=1S/C21H24N2O2/c1-12(2)18-9-14(4)7-16-10-19(21(24)25)23(20(16)18)11-17-8-13(3)6-15(5)22-17/h6-10,12H,11H2,1-5H3,(H,24,25). The van der Waals surface area contributed by atoms with Gasteiger partial charge in [-0.05, 0) is 62.1 Å². The number of carbonyl (C=O) groups is 1. The number of nitrogens with zero attached hydrogens (tertiary/aromatic N) is 2. The summed E-state index contributed by atoms with van der Waals surface area (Å²) in [5.74, 6) is -0.599. The Balaban J connectivity index is 2.27. The number of hydrogen-bond donors (Lipinski definition) is 1. The summed E-state index contributed by atoms with van der Waals surface area (Å²) in [6, 6.07) is 10.0. The van der Waals surface area contributed by atoms with E-state index in [4.69, 9.17) is 0 Å². The minimum Gasteiger partial charge on any atom is -0.477 e. The van der Waals surface area contributed by atoms with Crippen molar-refractivity contribution in [3.63, 3.8) is 0 Å². The van der Waals surface area contributed by atoms with E-state index in [1.54, 1.807) is 6.07 Å². The molecule has 0 fully saturated rings. The van der Waals surface area contributed by atoms with Crippen LogP contribution in [0.25, 0.3) is 10.9 Å². The zero-order valence-corrected chi connectivity index (χ0v) is 15.4. The number of pyridine rings is 1. The maximum atomic E-state index is 11.8. The second-order valence-corrected chi connectivity index (χ2v) is 7.14. The van der Waals surface area contributed by atoms with Gasteiger partial charge in [-0.3, -0.25) is 4.98 Å². The van der Waals surface area contributed by atoms with Crippen LogP contribution in [0.2, 0.25) is 0 Å². The first-order valence-corrected chi connectivity index (χ1v) is 8.57. The molecule has 130 valence electrons. The van der Waals surface area contributed by atoms with E-state index >= 15 is 0 Å². The molecule has 2 aromatic heterocycles. The molecular formula is C21H24N2O2.